The molecule has 43 heavy (non-hydrogen) atoms. The number of aliphatic carboxylic acids is 2. The molecule has 0 radical (unpaired) electrons. The largest absolute Gasteiger partial charge is 0.480 e. The Hall–Kier alpha value is -3.95. The molecular formula is C34H42N2O7. The SMILES string of the molecule is O=C(O)COC(C(=O)O)C(OCCCCNc1ccc2c(c1)CCC2)C(=O)NCCCCCc1ccc2ccccc2c1. The summed E-state index contributed by atoms with van der Waals surface area (Å²) in [6.07, 6.45) is 5.07. The number of hydrogen-bond donors (Lipinski definition) is 4. The molecule has 1 aliphatic rings. The Labute approximate surface area is 252 Å². The van der Waals surface area contributed by atoms with Crippen LogP contribution in [0.25, 0.3) is 10.8 Å². The van der Waals surface area contributed by atoms with Crippen molar-refractivity contribution >= 4 is 34.3 Å². The highest BCUT2D eigenvalue weighted by atomic mass is 16.6. The fraction of sp³-hybridized carbons (Fsp3) is 0.441. The van der Waals surface area contributed by atoms with Crippen LogP contribution in [-0.2, 0) is 43.1 Å². The number of amides is 1. The zero-order valence-electron chi connectivity index (χ0n) is 24.6. The van der Waals surface area contributed by atoms with Gasteiger partial charge in [-0.25, -0.2) is 9.59 Å². The van der Waals surface area contributed by atoms with E-state index in [1.165, 1.54) is 33.9 Å². The van der Waals surface area contributed by atoms with E-state index in [0.29, 0.717) is 25.9 Å². The Morgan fingerprint density at radius 3 is 2.37 bits per heavy atom. The van der Waals surface area contributed by atoms with Crippen LogP contribution < -0.4 is 10.6 Å². The molecule has 0 bridgehead atoms. The van der Waals surface area contributed by atoms with E-state index in [2.05, 4.69) is 59.2 Å². The molecule has 0 aromatic heterocycles. The minimum absolute atomic E-state index is 0.135. The average molecular weight is 591 g/mol. The second kappa shape index (κ2) is 16.6. The lowest BCUT2D eigenvalue weighted by Gasteiger charge is -2.23. The normalized spacial score (nSPS) is 13.8. The smallest absolute Gasteiger partial charge is 0.336 e. The first-order valence-corrected chi connectivity index (χ1v) is 15.2. The molecule has 1 aliphatic carbocycles. The molecule has 0 aliphatic heterocycles. The van der Waals surface area contributed by atoms with Crippen LogP contribution in [0, 0.1) is 0 Å². The van der Waals surface area contributed by atoms with Gasteiger partial charge in [0.25, 0.3) is 5.91 Å². The second-order valence-electron chi connectivity index (χ2n) is 11.0. The number of carboxylic acid groups (broad SMARTS) is 2. The quantitative estimate of drug-likeness (QED) is 0.144. The zero-order chi connectivity index (χ0) is 30.4. The number of benzene rings is 3. The van der Waals surface area contributed by atoms with Gasteiger partial charge in [-0.3, -0.25) is 4.79 Å². The topological polar surface area (TPSA) is 134 Å². The number of carbonyl (C=O) groups excluding carboxylic acids is 1. The Morgan fingerprint density at radius 2 is 1.56 bits per heavy atom. The number of rotatable bonds is 19. The molecule has 3 aromatic rings. The fourth-order valence-electron chi connectivity index (χ4n) is 5.44. The lowest BCUT2D eigenvalue weighted by molar-refractivity contribution is -0.172. The Balaban J connectivity index is 1.19. The zero-order valence-corrected chi connectivity index (χ0v) is 24.6. The van der Waals surface area contributed by atoms with E-state index >= 15 is 0 Å². The molecule has 9 nitrogen and oxygen atoms in total. The van der Waals surface area contributed by atoms with Crippen molar-refractivity contribution in [3.05, 3.63) is 77.4 Å². The standard InChI is InChI=1S/C34H42N2O7/c37-30(38)23-43-32(34(40)41)31(42-20-7-6-18-35-29-17-16-26-12-8-13-28(26)22-29)33(39)36-19-5-1-2-9-24-14-15-25-10-3-4-11-27(25)21-24/h3-4,10-11,14-17,21-22,31-32,35H,1-2,5-9,12-13,18-20,23H2,(H,36,39)(H,37,38)(H,40,41). The molecule has 0 heterocycles. The van der Waals surface area contributed by atoms with Crippen molar-refractivity contribution in [3.63, 3.8) is 0 Å². The van der Waals surface area contributed by atoms with Crippen molar-refractivity contribution in [3.8, 4) is 0 Å². The minimum atomic E-state index is -1.73. The molecule has 0 saturated heterocycles. The van der Waals surface area contributed by atoms with E-state index < -0.39 is 36.7 Å². The number of carboxylic acids is 2. The van der Waals surface area contributed by atoms with E-state index in [4.69, 9.17) is 14.6 Å². The van der Waals surface area contributed by atoms with Crippen LogP contribution >= 0.6 is 0 Å². The third-order valence-electron chi connectivity index (χ3n) is 7.71. The monoisotopic (exact) mass is 590 g/mol. The van der Waals surface area contributed by atoms with Gasteiger partial charge in [-0.05, 0) is 91.0 Å². The number of nitrogens with one attached hydrogen (secondary N) is 2. The number of anilines is 1. The van der Waals surface area contributed by atoms with Gasteiger partial charge >= 0.3 is 11.9 Å². The van der Waals surface area contributed by atoms with Gasteiger partial charge in [-0.2, -0.15) is 0 Å². The summed E-state index contributed by atoms with van der Waals surface area (Å²) in [7, 11) is 0. The third-order valence-corrected chi connectivity index (χ3v) is 7.71. The van der Waals surface area contributed by atoms with E-state index in [-0.39, 0.29) is 6.61 Å². The number of carbonyl (C=O) groups is 3. The van der Waals surface area contributed by atoms with Crippen molar-refractivity contribution < 1.29 is 34.1 Å². The van der Waals surface area contributed by atoms with Crippen molar-refractivity contribution in [1.29, 1.82) is 0 Å². The predicted octanol–water partition coefficient (Wildman–Crippen LogP) is 4.99. The number of ether oxygens (including phenoxy) is 2. The van der Waals surface area contributed by atoms with Crippen LogP contribution in [-0.4, -0.2) is 66.6 Å². The molecule has 0 fully saturated rings. The maximum absolute atomic E-state index is 13.0. The molecule has 1 amide bonds. The maximum Gasteiger partial charge on any atom is 0.336 e. The predicted molar refractivity (Wildman–Crippen MR) is 165 cm³/mol. The molecule has 3 aromatic carbocycles. The van der Waals surface area contributed by atoms with Gasteiger partial charge < -0.3 is 30.3 Å². The highest BCUT2D eigenvalue weighted by Gasteiger charge is 2.36. The molecular weight excluding hydrogens is 548 g/mol. The first-order chi connectivity index (χ1) is 20.9. The number of aryl methyl sites for hydroxylation is 3. The minimum Gasteiger partial charge on any atom is -0.480 e. The first kappa shape index (κ1) is 32.0. The van der Waals surface area contributed by atoms with Crippen LogP contribution in [0.3, 0.4) is 0 Å². The Bertz CT molecular complexity index is 1380. The van der Waals surface area contributed by atoms with Crippen LogP contribution in [0.1, 0.15) is 55.2 Å². The number of unbranched alkanes of at least 4 members (excludes halogenated alkanes) is 3. The lowest BCUT2D eigenvalue weighted by atomic mass is 10.0. The van der Waals surface area contributed by atoms with E-state index in [9.17, 15) is 19.5 Å². The Morgan fingerprint density at radius 1 is 0.767 bits per heavy atom. The highest BCUT2D eigenvalue weighted by Crippen LogP contribution is 2.25. The van der Waals surface area contributed by atoms with Crippen molar-refractivity contribution in [2.24, 2.45) is 0 Å². The second-order valence-corrected chi connectivity index (χ2v) is 11.0. The van der Waals surface area contributed by atoms with Crippen LogP contribution in [0.2, 0.25) is 0 Å². The number of hydrogen-bond acceptors (Lipinski definition) is 6. The summed E-state index contributed by atoms with van der Waals surface area (Å²) in [5, 5.41) is 27.2. The summed E-state index contributed by atoms with van der Waals surface area (Å²) in [6.45, 7) is 0.349. The van der Waals surface area contributed by atoms with E-state index in [0.717, 1.165) is 44.2 Å². The van der Waals surface area contributed by atoms with Gasteiger partial charge in [0.2, 0.25) is 0 Å². The number of fused-ring (bicyclic) bond motifs is 2. The van der Waals surface area contributed by atoms with Crippen LogP contribution in [0.4, 0.5) is 5.69 Å². The highest BCUT2D eigenvalue weighted by molar-refractivity contribution is 5.88. The van der Waals surface area contributed by atoms with Gasteiger partial charge in [-0.1, -0.05) is 55.0 Å². The molecule has 4 rings (SSSR count). The maximum atomic E-state index is 13.0. The third kappa shape index (κ3) is 10.1. The molecule has 4 N–H and O–H groups in total. The summed E-state index contributed by atoms with van der Waals surface area (Å²) in [5.74, 6) is -3.40. The molecule has 0 saturated carbocycles. The van der Waals surface area contributed by atoms with Gasteiger partial charge in [0.1, 0.15) is 6.61 Å². The summed E-state index contributed by atoms with van der Waals surface area (Å²) in [6, 6.07) is 21.2. The van der Waals surface area contributed by atoms with Crippen LogP contribution in [0.5, 0.6) is 0 Å². The van der Waals surface area contributed by atoms with E-state index in [1.54, 1.807) is 0 Å². The molecule has 2 unspecified atom stereocenters. The average Bonchev–Trinajstić information content (AvgIpc) is 3.47. The Kier molecular flexibility index (Phi) is 12.4. The fourth-order valence-corrected chi connectivity index (χ4v) is 5.44. The van der Waals surface area contributed by atoms with Crippen molar-refractivity contribution in [1.82, 2.24) is 5.32 Å². The molecule has 230 valence electrons. The van der Waals surface area contributed by atoms with Crippen LogP contribution in [0.15, 0.2) is 60.7 Å². The van der Waals surface area contributed by atoms with E-state index in [1.807, 2.05) is 12.1 Å². The van der Waals surface area contributed by atoms with Gasteiger partial charge in [0.15, 0.2) is 12.2 Å². The molecule has 2 atom stereocenters. The lowest BCUT2D eigenvalue weighted by Crippen LogP contribution is -2.49. The van der Waals surface area contributed by atoms with Gasteiger partial charge in [0, 0.05) is 25.4 Å². The first-order valence-electron chi connectivity index (χ1n) is 15.2. The summed E-state index contributed by atoms with van der Waals surface area (Å²) in [5.41, 5.74) is 5.15. The van der Waals surface area contributed by atoms with Crippen molar-refractivity contribution in [2.45, 2.75) is 70.0 Å². The summed E-state index contributed by atoms with van der Waals surface area (Å²) >= 11 is 0. The van der Waals surface area contributed by atoms with Crippen molar-refractivity contribution in [2.75, 3.05) is 31.6 Å². The molecule has 0 spiro atoms. The summed E-state index contributed by atoms with van der Waals surface area (Å²) < 4.78 is 10.8. The van der Waals surface area contributed by atoms with Gasteiger partial charge in [-0.15, -0.1) is 0 Å². The molecule has 9 heteroatoms. The summed E-state index contributed by atoms with van der Waals surface area (Å²) in [4.78, 5) is 35.8. The van der Waals surface area contributed by atoms with Gasteiger partial charge in [0.05, 0.1) is 0 Å².